The highest BCUT2D eigenvalue weighted by Gasteiger charge is 2.10. The van der Waals surface area contributed by atoms with Gasteiger partial charge in [-0.15, -0.1) is 11.3 Å². The van der Waals surface area contributed by atoms with E-state index in [1.807, 2.05) is 6.92 Å². The van der Waals surface area contributed by atoms with Crippen LogP contribution in [0.15, 0.2) is 69.6 Å². The number of aryl methyl sites for hydroxylation is 1. The van der Waals surface area contributed by atoms with Gasteiger partial charge in [0.05, 0.1) is 12.1 Å². The number of rotatable bonds is 6. The molecule has 2 aromatic heterocycles. The van der Waals surface area contributed by atoms with Crippen molar-refractivity contribution in [2.24, 2.45) is 0 Å². The van der Waals surface area contributed by atoms with Crippen LogP contribution >= 0.6 is 11.3 Å². The van der Waals surface area contributed by atoms with Gasteiger partial charge in [0.25, 0.3) is 11.5 Å². The van der Waals surface area contributed by atoms with E-state index in [2.05, 4.69) is 34.6 Å². The fourth-order valence-electron chi connectivity index (χ4n) is 3.24. The number of nitrogens with zero attached hydrogens (tertiary/aromatic N) is 1. The molecule has 0 spiro atoms. The molecule has 2 heterocycles. The lowest BCUT2D eigenvalue weighted by molar-refractivity contribution is 0.0954. The van der Waals surface area contributed by atoms with Crippen LogP contribution in [0, 0.1) is 6.92 Å². The van der Waals surface area contributed by atoms with Gasteiger partial charge in [-0.1, -0.05) is 42.0 Å². The summed E-state index contributed by atoms with van der Waals surface area (Å²) in [6.45, 7) is 2.74. The van der Waals surface area contributed by atoms with E-state index in [1.165, 1.54) is 27.0 Å². The molecule has 0 saturated carbocycles. The largest absolute Gasteiger partial charge is 0.352 e. The third kappa shape index (κ3) is 4.26. The Morgan fingerprint density at radius 2 is 1.70 bits per heavy atom. The molecule has 30 heavy (non-hydrogen) atoms. The van der Waals surface area contributed by atoms with Crippen LogP contribution in [-0.4, -0.2) is 22.0 Å². The van der Waals surface area contributed by atoms with Gasteiger partial charge in [0.2, 0.25) is 0 Å². The maximum atomic E-state index is 12.5. The second-order valence-corrected chi connectivity index (χ2v) is 8.09. The van der Waals surface area contributed by atoms with Crippen molar-refractivity contribution in [1.29, 1.82) is 0 Å². The van der Waals surface area contributed by atoms with Gasteiger partial charge < -0.3 is 10.3 Å². The fraction of sp³-hybridized carbons (Fsp3) is 0.174. The fourth-order valence-corrected chi connectivity index (χ4v) is 4.03. The molecule has 4 rings (SSSR count). The van der Waals surface area contributed by atoms with Crippen molar-refractivity contribution in [1.82, 2.24) is 14.9 Å². The summed E-state index contributed by atoms with van der Waals surface area (Å²) in [6, 6.07) is 16.9. The Bertz CT molecular complexity index is 1300. The Kier molecular flexibility index (Phi) is 5.63. The molecule has 0 fully saturated rings. The standard InChI is InChI=1S/C23H21N3O3S/c1-15-2-4-16(5-3-15)10-12-24-21(27)18-8-6-17(7-9-18)14-26-22(28)20-19(11-13-30-20)25-23(26)29/h2-9,11,13H,10,12,14H2,1H3,(H,24,27)(H,25,29). The smallest absolute Gasteiger partial charge is 0.329 e. The monoisotopic (exact) mass is 419 g/mol. The maximum absolute atomic E-state index is 12.5. The average Bonchev–Trinajstić information content (AvgIpc) is 3.21. The highest BCUT2D eigenvalue weighted by Crippen LogP contribution is 2.13. The van der Waals surface area contributed by atoms with Crippen LogP contribution in [0.3, 0.4) is 0 Å². The van der Waals surface area contributed by atoms with Crippen LogP contribution in [0.5, 0.6) is 0 Å². The summed E-state index contributed by atoms with van der Waals surface area (Å²) in [4.78, 5) is 39.9. The molecule has 7 heteroatoms. The van der Waals surface area contributed by atoms with E-state index in [0.717, 1.165) is 12.0 Å². The Hall–Kier alpha value is -3.45. The van der Waals surface area contributed by atoms with Gasteiger partial charge in [-0.25, -0.2) is 4.79 Å². The van der Waals surface area contributed by atoms with Crippen LogP contribution in [0.2, 0.25) is 0 Å². The average molecular weight is 420 g/mol. The van der Waals surface area contributed by atoms with Gasteiger partial charge in [-0.3, -0.25) is 14.2 Å². The topological polar surface area (TPSA) is 84.0 Å². The van der Waals surface area contributed by atoms with Gasteiger partial charge in [0.1, 0.15) is 4.70 Å². The molecule has 0 radical (unpaired) electrons. The van der Waals surface area contributed by atoms with E-state index in [-0.39, 0.29) is 18.0 Å². The summed E-state index contributed by atoms with van der Waals surface area (Å²) < 4.78 is 1.70. The van der Waals surface area contributed by atoms with Gasteiger partial charge in [0, 0.05) is 12.1 Å². The highest BCUT2D eigenvalue weighted by molar-refractivity contribution is 7.17. The van der Waals surface area contributed by atoms with Crippen molar-refractivity contribution in [2.45, 2.75) is 19.9 Å². The molecular formula is C23H21N3O3S. The number of H-pyrrole nitrogens is 1. The van der Waals surface area contributed by atoms with Crippen molar-refractivity contribution in [3.05, 3.63) is 103 Å². The predicted molar refractivity (Wildman–Crippen MR) is 119 cm³/mol. The molecule has 4 aromatic rings. The Balaban J connectivity index is 1.40. The molecule has 2 aromatic carbocycles. The summed E-state index contributed by atoms with van der Waals surface area (Å²) >= 11 is 1.30. The molecule has 152 valence electrons. The summed E-state index contributed by atoms with van der Waals surface area (Å²) in [5.41, 5.74) is 3.51. The van der Waals surface area contributed by atoms with Crippen LogP contribution in [0.25, 0.3) is 10.2 Å². The van der Waals surface area contributed by atoms with Crippen LogP contribution in [-0.2, 0) is 13.0 Å². The minimum atomic E-state index is -0.441. The lowest BCUT2D eigenvalue weighted by Crippen LogP contribution is -2.34. The van der Waals surface area contributed by atoms with Gasteiger partial charge in [-0.2, -0.15) is 0 Å². The highest BCUT2D eigenvalue weighted by atomic mass is 32.1. The second-order valence-electron chi connectivity index (χ2n) is 7.17. The number of amides is 1. The zero-order valence-electron chi connectivity index (χ0n) is 16.5. The summed E-state index contributed by atoms with van der Waals surface area (Å²) in [6.07, 6.45) is 0.765. The third-order valence-electron chi connectivity index (χ3n) is 4.97. The lowest BCUT2D eigenvalue weighted by atomic mass is 10.1. The summed E-state index contributed by atoms with van der Waals surface area (Å²) in [7, 11) is 0. The normalized spacial score (nSPS) is 11.0. The van der Waals surface area contributed by atoms with Crippen molar-refractivity contribution in [2.75, 3.05) is 6.54 Å². The molecule has 0 bridgehead atoms. The molecule has 1 amide bonds. The number of fused-ring (bicyclic) bond motifs is 1. The van der Waals surface area contributed by atoms with Crippen molar-refractivity contribution < 1.29 is 4.79 Å². The van der Waals surface area contributed by atoms with Crippen molar-refractivity contribution in [3.8, 4) is 0 Å². The quantitative estimate of drug-likeness (QED) is 0.504. The SMILES string of the molecule is Cc1ccc(CCNC(=O)c2ccc(Cn3c(=O)[nH]c4ccsc4c3=O)cc2)cc1. The number of thiophene rings is 1. The predicted octanol–water partition coefficient (Wildman–Crippen LogP) is 3.08. The Morgan fingerprint density at radius 3 is 2.43 bits per heavy atom. The number of aromatic nitrogens is 2. The first-order valence-electron chi connectivity index (χ1n) is 9.64. The second kappa shape index (κ2) is 8.51. The number of hydrogen-bond donors (Lipinski definition) is 2. The number of carbonyl (C=O) groups is 1. The number of aromatic amines is 1. The Morgan fingerprint density at radius 1 is 1.00 bits per heavy atom. The van der Waals surface area contributed by atoms with Gasteiger partial charge >= 0.3 is 5.69 Å². The molecule has 0 atom stereocenters. The minimum absolute atomic E-state index is 0.149. The maximum Gasteiger partial charge on any atom is 0.329 e. The first-order chi connectivity index (χ1) is 14.5. The first-order valence-corrected chi connectivity index (χ1v) is 10.5. The molecular weight excluding hydrogens is 398 g/mol. The van der Waals surface area contributed by atoms with E-state index in [9.17, 15) is 14.4 Å². The van der Waals surface area contributed by atoms with Crippen molar-refractivity contribution >= 4 is 27.5 Å². The molecule has 0 unspecified atom stereocenters. The van der Waals surface area contributed by atoms with E-state index >= 15 is 0 Å². The number of benzene rings is 2. The number of hydrogen-bond acceptors (Lipinski definition) is 4. The van der Waals surface area contributed by atoms with E-state index in [1.54, 1.807) is 35.7 Å². The van der Waals surface area contributed by atoms with Crippen LogP contribution < -0.4 is 16.6 Å². The lowest BCUT2D eigenvalue weighted by Gasteiger charge is -2.08. The molecule has 0 aliphatic carbocycles. The van der Waals surface area contributed by atoms with Crippen molar-refractivity contribution in [3.63, 3.8) is 0 Å². The molecule has 6 nitrogen and oxygen atoms in total. The molecule has 2 N–H and O–H groups in total. The third-order valence-corrected chi connectivity index (χ3v) is 5.87. The molecule has 0 aliphatic heterocycles. The zero-order chi connectivity index (χ0) is 21.1. The van der Waals surface area contributed by atoms with Gasteiger partial charge in [-0.05, 0) is 48.1 Å². The zero-order valence-corrected chi connectivity index (χ0v) is 17.3. The van der Waals surface area contributed by atoms with E-state index in [4.69, 9.17) is 0 Å². The number of nitrogens with one attached hydrogen (secondary N) is 2. The Labute approximate surface area is 176 Å². The molecule has 0 aliphatic rings. The number of carbonyl (C=O) groups excluding carboxylic acids is 1. The van der Waals surface area contributed by atoms with E-state index in [0.29, 0.717) is 22.3 Å². The molecule has 0 saturated heterocycles. The summed E-state index contributed by atoms with van der Waals surface area (Å²) in [5, 5.41) is 4.70. The van der Waals surface area contributed by atoms with Crippen LogP contribution in [0.1, 0.15) is 27.0 Å². The van der Waals surface area contributed by atoms with Crippen LogP contribution in [0.4, 0.5) is 0 Å². The first kappa shape index (κ1) is 19.8. The summed E-state index contributed by atoms with van der Waals surface area (Å²) in [5.74, 6) is -0.149. The van der Waals surface area contributed by atoms with Gasteiger partial charge in [0.15, 0.2) is 0 Å². The van der Waals surface area contributed by atoms with E-state index < -0.39 is 5.69 Å². The minimum Gasteiger partial charge on any atom is -0.352 e.